The largest absolute Gasteiger partial charge is 0.481 e. The maximum Gasteiger partial charge on any atom is 0.304 e. The summed E-state index contributed by atoms with van der Waals surface area (Å²) in [6, 6.07) is 1.84. The summed E-state index contributed by atoms with van der Waals surface area (Å²) in [5, 5.41) is 8.62. The molecule has 0 bridgehead atoms. The van der Waals surface area contributed by atoms with Crippen molar-refractivity contribution >= 4 is 5.97 Å². The van der Waals surface area contributed by atoms with Crippen LogP contribution < -0.4 is 0 Å². The van der Waals surface area contributed by atoms with Crippen LogP contribution >= 0.6 is 0 Å². The minimum atomic E-state index is -0.817. The Bertz CT molecular complexity index is 326. The van der Waals surface area contributed by atoms with Crippen molar-refractivity contribution in [3.63, 3.8) is 0 Å². The highest BCUT2D eigenvalue weighted by atomic mass is 16.4. The van der Waals surface area contributed by atoms with Gasteiger partial charge in [0.05, 0.1) is 6.42 Å². The van der Waals surface area contributed by atoms with Crippen LogP contribution in [0.15, 0.2) is 12.3 Å². The summed E-state index contributed by atoms with van der Waals surface area (Å²) in [6.45, 7) is 3.83. The highest BCUT2D eigenvalue weighted by molar-refractivity contribution is 5.67. The molecule has 0 saturated carbocycles. The third-order valence-corrected chi connectivity index (χ3v) is 2.02. The number of nitrogens with zero attached hydrogens (tertiary/aromatic N) is 2. The van der Waals surface area contributed by atoms with Crippen LogP contribution in [-0.4, -0.2) is 21.0 Å². The lowest BCUT2D eigenvalue weighted by Gasteiger charge is -2.07. The normalized spacial score (nSPS) is 12.4. The zero-order valence-corrected chi connectivity index (χ0v) is 8.40. The summed E-state index contributed by atoms with van der Waals surface area (Å²) in [4.78, 5) is 18.8. The number of hydrogen-bond donors (Lipinski definition) is 1. The number of carboxylic acids is 1. The Labute approximate surface area is 83.0 Å². The van der Waals surface area contributed by atoms with E-state index in [1.165, 1.54) is 0 Å². The molecule has 0 amide bonds. The Morgan fingerprint density at radius 1 is 1.64 bits per heavy atom. The van der Waals surface area contributed by atoms with Crippen LogP contribution in [0.1, 0.15) is 37.7 Å². The zero-order chi connectivity index (χ0) is 10.6. The van der Waals surface area contributed by atoms with Gasteiger partial charge in [-0.3, -0.25) is 4.79 Å². The van der Waals surface area contributed by atoms with Crippen LogP contribution in [0.2, 0.25) is 0 Å². The van der Waals surface area contributed by atoms with Crippen LogP contribution in [-0.2, 0) is 11.2 Å². The van der Waals surface area contributed by atoms with E-state index in [0.717, 1.165) is 12.1 Å². The molecule has 0 aliphatic heterocycles. The molecule has 1 unspecified atom stereocenters. The number of aromatic nitrogens is 2. The minimum absolute atomic E-state index is 0.0766. The average molecular weight is 194 g/mol. The summed E-state index contributed by atoms with van der Waals surface area (Å²) < 4.78 is 0. The van der Waals surface area contributed by atoms with Crippen LogP contribution in [0, 0.1) is 0 Å². The van der Waals surface area contributed by atoms with E-state index in [-0.39, 0.29) is 12.3 Å². The molecule has 0 saturated heterocycles. The molecule has 0 spiro atoms. The second-order valence-electron chi connectivity index (χ2n) is 3.26. The Balaban J connectivity index is 2.78. The third-order valence-electron chi connectivity index (χ3n) is 2.02. The lowest BCUT2D eigenvalue weighted by molar-refractivity contribution is -0.137. The van der Waals surface area contributed by atoms with Crippen molar-refractivity contribution in [2.24, 2.45) is 0 Å². The van der Waals surface area contributed by atoms with Crippen molar-refractivity contribution in [2.75, 3.05) is 0 Å². The van der Waals surface area contributed by atoms with Crippen LogP contribution in [0.3, 0.4) is 0 Å². The summed E-state index contributed by atoms with van der Waals surface area (Å²) in [6.07, 6.45) is 2.60. The first-order valence-electron chi connectivity index (χ1n) is 4.67. The van der Waals surface area contributed by atoms with Gasteiger partial charge in [0, 0.05) is 17.8 Å². The first kappa shape index (κ1) is 10.6. The molecular weight excluding hydrogens is 180 g/mol. The Morgan fingerprint density at radius 2 is 2.36 bits per heavy atom. The van der Waals surface area contributed by atoms with E-state index < -0.39 is 5.97 Å². The highest BCUT2D eigenvalue weighted by Gasteiger charge is 2.12. The summed E-state index contributed by atoms with van der Waals surface area (Å²) in [5.74, 6) is -0.325. The molecule has 1 heterocycles. The van der Waals surface area contributed by atoms with Gasteiger partial charge in [-0.15, -0.1) is 0 Å². The summed E-state index contributed by atoms with van der Waals surface area (Å²) in [7, 11) is 0. The Hall–Kier alpha value is -1.45. The third kappa shape index (κ3) is 2.80. The minimum Gasteiger partial charge on any atom is -0.481 e. The monoisotopic (exact) mass is 194 g/mol. The predicted molar refractivity (Wildman–Crippen MR) is 52.1 cm³/mol. The maximum absolute atomic E-state index is 10.5. The van der Waals surface area contributed by atoms with E-state index in [9.17, 15) is 4.79 Å². The van der Waals surface area contributed by atoms with Gasteiger partial charge in [-0.25, -0.2) is 9.97 Å². The molecule has 76 valence electrons. The molecule has 1 aromatic heterocycles. The fourth-order valence-electron chi connectivity index (χ4n) is 1.20. The molecule has 0 fully saturated rings. The van der Waals surface area contributed by atoms with Crippen LogP contribution in [0.5, 0.6) is 0 Å². The molecule has 0 aliphatic carbocycles. The summed E-state index contributed by atoms with van der Waals surface area (Å²) in [5.41, 5.74) is 0.951. The number of rotatable bonds is 4. The summed E-state index contributed by atoms with van der Waals surface area (Å²) >= 11 is 0. The standard InChI is InChI=1S/C10H14N2O2/c1-3-8-4-5-11-10(12-8)7(2)6-9(13)14/h4-5,7H,3,6H2,1-2H3,(H,13,14). The number of aliphatic carboxylic acids is 1. The SMILES string of the molecule is CCc1ccnc(C(C)CC(=O)O)n1. The van der Waals surface area contributed by atoms with Gasteiger partial charge >= 0.3 is 5.97 Å². The van der Waals surface area contributed by atoms with Crippen molar-refractivity contribution in [1.29, 1.82) is 0 Å². The topological polar surface area (TPSA) is 63.1 Å². The number of aryl methyl sites for hydroxylation is 1. The quantitative estimate of drug-likeness (QED) is 0.791. The van der Waals surface area contributed by atoms with Crippen molar-refractivity contribution in [2.45, 2.75) is 32.6 Å². The van der Waals surface area contributed by atoms with Crippen molar-refractivity contribution in [3.05, 3.63) is 23.8 Å². The van der Waals surface area contributed by atoms with Gasteiger partial charge in [-0.05, 0) is 12.5 Å². The van der Waals surface area contributed by atoms with Crippen molar-refractivity contribution in [3.8, 4) is 0 Å². The molecule has 1 N–H and O–H groups in total. The van der Waals surface area contributed by atoms with Crippen LogP contribution in [0.4, 0.5) is 0 Å². The molecule has 14 heavy (non-hydrogen) atoms. The van der Waals surface area contributed by atoms with E-state index in [0.29, 0.717) is 5.82 Å². The molecule has 1 aromatic rings. The number of hydrogen-bond acceptors (Lipinski definition) is 3. The molecule has 4 heteroatoms. The van der Waals surface area contributed by atoms with Gasteiger partial charge in [0.25, 0.3) is 0 Å². The van der Waals surface area contributed by atoms with E-state index in [1.54, 1.807) is 6.20 Å². The fourth-order valence-corrected chi connectivity index (χ4v) is 1.20. The van der Waals surface area contributed by atoms with Crippen LogP contribution in [0.25, 0.3) is 0 Å². The number of carboxylic acid groups (broad SMARTS) is 1. The molecule has 1 rings (SSSR count). The van der Waals surface area contributed by atoms with Gasteiger partial charge in [0.1, 0.15) is 5.82 Å². The molecule has 4 nitrogen and oxygen atoms in total. The van der Waals surface area contributed by atoms with Gasteiger partial charge in [0.15, 0.2) is 0 Å². The van der Waals surface area contributed by atoms with E-state index in [2.05, 4.69) is 9.97 Å². The molecule has 0 radical (unpaired) electrons. The first-order chi connectivity index (χ1) is 6.63. The van der Waals surface area contributed by atoms with Gasteiger partial charge < -0.3 is 5.11 Å². The second kappa shape index (κ2) is 4.69. The van der Waals surface area contributed by atoms with Gasteiger partial charge in [-0.1, -0.05) is 13.8 Å². The van der Waals surface area contributed by atoms with Gasteiger partial charge in [0.2, 0.25) is 0 Å². The van der Waals surface area contributed by atoms with Crippen molar-refractivity contribution in [1.82, 2.24) is 9.97 Å². The highest BCUT2D eigenvalue weighted by Crippen LogP contribution is 2.14. The number of carbonyl (C=O) groups is 1. The average Bonchev–Trinajstić information content (AvgIpc) is 2.17. The van der Waals surface area contributed by atoms with E-state index in [1.807, 2.05) is 19.9 Å². The molecule has 0 aromatic carbocycles. The van der Waals surface area contributed by atoms with Gasteiger partial charge in [-0.2, -0.15) is 0 Å². The Kier molecular flexibility index (Phi) is 3.56. The second-order valence-corrected chi connectivity index (χ2v) is 3.26. The molecule has 0 aliphatic rings. The smallest absolute Gasteiger partial charge is 0.304 e. The van der Waals surface area contributed by atoms with Crippen molar-refractivity contribution < 1.29 is 9.90 Å². The van der Waals surface area contributed by atoms with E-state index in [4.69, 9.17) is 5.11 Å². The lowest BCUT2D eigenvalue weighted by atomic mass is 10.1. The zero-order valence-electron chi connectivity index (χ0n) is 8.40. The molecular formula is C10H14N2O2. The fraction of sp³-hybridized carbons (Fsp3) is 0.500. The first-order valence-corrected chi connectivity index (χ1v) is 4.67. The van der Waals surface area contributed by atoms with E-state index >= 15 is 0 Å². The molecule has 1 atom stereocenters. The Morgan fingerprint density at radius 3 is 2.93 bits per heavy atom. The lowest BCUT2D eigenvalue weighted by Crippen LogP contribution is -2.07. The predicted octanol–water partition coefficient (Wildman–Crippen LogP) is 1.62. The maximum atomic E-state index is 10.5.